The summed E-state index contributed by atoms with van der Waals surface area (Å²) in [5.74, 6) is 1.36. The van der Waals surface area contributed by atoms with Gasteiger partial charge in [-0.1, -0.05) is 42.0 Å². The number of nitrogens with zero attached hydrogens (tertiary/aromatic N) is 2. The molecule has 0 saturated heterocycles. The number of rotatable bonds is 5. The van der Waals surface area contributed by atoms with E-state index in [1.807, 2.05) is 24.3 Å². The molecule has 0 fully saturated rings. The van der Waals surface area contributed by atoms with Crippen LogP contribution in [0.3, 0.4) is 0 Å². The molecule has 3 aromatic rings. The first-order chi connectivity index (χ1) is 12.7. The minimum absolute atomic E-state index is 0. The van der Waals surface area contributed by atoms with Gasteiger partial charge in [-0.05, 0) is 37.1 Å². The van der Waals surface area contributed by atoms with Crippen LogP contribution in [0.5, 0.6) is 0 Å². The van der Waals surface area contributed by atoms with Gasteiger partial charge in [-0.25, -0.2) is 4.98 Å². The molecule has 1 heterocycles. The molecule has 2 aromatic carbocycles. The lowest BCUT2D eigenvalue weighted by atomic mass is 10.1. The second kappa shape index (κ2) is 10.1. The van der Waals surface area contributed by atoms with E-state index >= 15 is 0 Å². The van der Waals surface area contributed by atoms with E-state index in [9.17, 15) is 0 Å². The summed E-state index contributed by atoms with van der Waals surface area (Å²) in [5.41, 5.74) is 5.53. The molecule has 0 spiro atoms. The van der Waals surface area contributed by atoms with E-state index in [0.717, 1.165) is 23.8 Å². The summed E-state index contributed by atoms with van der Waals surface area (Å²) in [6.07, 6.45) is 1.68. The van der Waals surface area contributed by atoms with Crippen LogP contribution in [0, 0.1) is 13.8 Å². The molecular weight excluding hydrogens is 451 g/mol. The van der Waals surface area contributed by atoms with Crippen LogP contribution in [0.1, 0.15) is 22.4 Å². The third kappa shape index (κ3) is 5.82. The predicted molar refractivity (Wildman–Crippen MR) is 120 cm³/mol. The van der Waals surface area contributed by atoms with Gasteiger partial charge in [0.25, 0.3) is 0 Å². The van der Waals surface area contributed by atoms with E-state index in [1.165, 1.54) is 16.7 Å². The van der Waals surface area contributed by atoms with Gasteiger partial charge in [0.1, 0.15) is 6.26 Å². The van der Waals surface area contributed by atoms with E-state index in [2.05, 4.69) is 58.7 Å². The highest BCUT2D eigenvalue weighted by atomic mass is 127. The van der Waals surface area contributed by atoms with Crippen LogP contribution >= 0.6 is 24.0 Å². The van der Waals surface area contributed by atoms with E-state index in [4.69, 9.17) is 4.42 Å². The number of aryl methyl sites for hydroxylation is 2. The van der Waals surface area contributed by atoms with Crippen LogP contribution in [0.25, 0.3) is 11.5 Å². The highest BCUT2D eigenvalue weighted by Gasteiger charge is 2.07. The van der Waals surface area contributed by atoms with Crippen LogP contribution < -0.4 is 10.6 Å². The van der Waals surface area contributed by atoms with Crippen molar-refractivity contribution in [2.24, 2.45) is 4.99 Å². The second-order valence-electron chi connectivity index (χ2n) is 6.22. The number of benzene rings is 2. The first-order valence-corrected chi connectivity index (χ1v) is 8.66. The molecule has 2 N–H and O–H groups in total. The Hall–Kier alpha value is -2.35. The van der Waals surface area contributed by atoms with Gasteiger partial charge >= 0.3 is 0 Å². The fourth-order valence-electron chi connectivity index (χ4n) is 2.60. The van der Waals surface area contributed by atoms with E-state index in [1.54, 1.807) is 13.3 Å². The number of guanidine groups is 1. The van der Waals surface area contributed by atoms with Crippen molar-refractivity contribution >= 4 is 29.9 Å². The summed E-state index contributed by atoms with van der Waals surface area (Å²) >= 11 is 0. The zero-order valence-corrected chi connectivity index (χ0v) is 18.2. The normalized spacial score (nSPS) is 11.0. The minimum Gasteiger partial charge on any atom is -0.444 e. The molecule has 0 saturated carbocycles. The van der Waals surface area contributed by atoms with Gasteiger partial charge in [0.2, 0.25) is 5.89 Å². The molecule has 27 heavy (non-hydrogen) atoms. The van der Waals surface area contributed by atoms with Gasteiger partial charge in [-0.15, -0.1) is 24.0 Å². The lowest BCUT2D eigenvalue weighted by molar-refractivity contribution is 0.572. The molecule has 0 radical (unpaired) electrons. The quantitative estimate of drug-likeness (QED) is 0.325. The number of halogens is 1. The number of nitrogens with one attached hydrogen (secondary N) is 2. The van der Waals surface area contributed by atoms with Gasteiger partial charge in [0, 0.05) is 19.2 Å². The number of oxazole rings is 1. The highest BCUT2D eigenvalue weighted by molar-refractivity contribution is 14.0. The van der Waals surface area contributed by atoms with Crippen molar-refractivity contribution in [1.29, 1.82) is 0 Å². The summed E-state index contributed by atoms with van der Waals surface area (Å²) in [5, 5.41) is 6.59. The van der Waals surface area contributed by atoms with Gasteiger partial charge in [-0.2, -0.15) is 0 Å². The average Bonchev–Trinajstić information content (AvgIpc) is 3.13. The molecule has 5 nitrogen and oxygen atoms in total. The van der Waals surface area contributed by atoms with E-state index in [0.29, 0.717) is 12.4 Å². The average molecular weight is 476 g/mol. The third-order valence-corrected chi connectivity index (χ3v) is 4.22. The summed E-state index contributed by atoms with van der Waals surface area (Å²) in [6.45, 7) is 5.43. The molecule has 0 atom stereocenters. The lowest BCUT2D eigenvalue weighted by Crippen LogP contribution is -2.36. The Balaban J connectivity index is 0.00000261. The fraction of sp³-hybridized carbons (Fsp3) is 0.238. The summed E-state index contributed by atoms with van der Waals surface area (Å²) in [6, 6.07) is 16.4. The first-order valence-electron chi connectivity index (χ1n) is 8.66. The molecule has 0 unspecified atom stereocenters. The van der Waals surface area contributed by atoms with Crippen molar-refractivity contribution in [1.82, 2.24) is 15.6 Å². The van der Waals surface area contributed by atoms with Gasteiger partial charge in [0.05, 0.1) is 12.2 Å². The Morgan fingerprint density at radius 1 is 1.00 bits per heavy atom. The molecular formula is C21H25IN4O. The molecule has 3 rings (SSSR count). The van der Waals surface area contributed by atoms with Crippen molar-refractivity contribution in [2.45, 2.75) is 26.9 Å². The lowest BCUT2D eigenvalue weighted by Gasteiger charge is -2.12. The Morgan fingerprint density at radius 2 is 1.70 bits per heavy atom. The summed E-state index contributed by atoms with van der Waals surface area (Å²) in [4.78, 5) is 8.80. The van der Waals surface area contributed by atoms with E-state index in [-0.39, 0.29) is 24.0 Å². The Bertz CT molecular complexity index is 887. The van der Waals surface area contributed by atoms with Crippen LogP contribution in [0.4, 0.5) is 0 Å². The summed E-state index contributed by atoms with van der Waals surface area (Å²) < 4.78 is 5.59. The Kier molecular flexibility index (Phi) is 7.84. The Morgan fingerprint density at radius 3 is 2.41 bits per heavy atom. The van der Waals surface area contributed by atoms with Crippen molar-refractivity contribution in [3.63, 3.8) is 0 Å². The zero-order chi connectivity index (χ0) is 18.4. The monoisotopic (exact) mass is 476 g/mol. The maximum absolute atomic E-state index is 5.59. The number of aliphatic imine (C=N–C) groups is 1. The molecule has 0 amide bonds. The molecule has 142 valence electrons. The topological polar surface area (TPSA) is 62.5 Å². The standard InChI is InChI=1S/C21H24N4O.HI/c1-15-8-10-17(11-9-15)20-25-19(14-26-20)13-24-21(22-3)23-12-18-7-5-4-6-16(18)2;/h4-11,14H,12-13H2,1-3H3,(H2,22,23,24);1H. The van der Waals surface area contributed by atoms with Crippen molar-refractivity contribution < 1.29 is 4.42 Å². The van der Waals surface area contributed by atoms with Crippen LogP contribution in [-0.4, -0.2) is 18.0 Å². The molecule has 0 aliphatic carbocycles. The van der Waals surface area contributed by atoms with Crippen LogP contribution in [0.2, 0.25) is 0 Å². The maximum atomic E-state index is 5.59. The zero-order valence-electron chi connectivity index (χ0n) is 15.8. The first kappa shape index (κ1) is 21.0. The number of hydrogen-bond donors (Lipinski definition) is 2. The SMILES string of the molecule is CN=C(NCc1coc(-c2ccc(C)cc2)n1)NCc1ccccc1C.I. The largest absolute Gasteiger partial charge is 0.444 e. The predicted octanol–water partition coefficient (Wildman–Crippen LogP) is 4.44. The van der Waals surface area contributed by atoms with Crippen LogP contribution in [0.15, 0.2) is 64.2 Å². The minimum atomic E-state index is 0. The van der Waals surface area contributed by atoms with Gasteiger partial charge < -0.3 is 15.1 Å². The summed E-state index contributed by atoms with van der Waals surface area (Å²) in [7, 11) is 1.76. The van der Waals surface area contributed by atoms with Crippen molar-refractivity contribution in [2.75, 3.05) is 7.05 Å². The molecule has 1 aromatic heterocycles. The van der Waals surface area contributed by atoms with E-state index < -0.39 is 0 Å². The second-order valence-corrected chi connectivity index (χ2v) is 6.22. The van der Waals surface area contributed by atoms with Crippen molar-refractivity contribution in [3.8, 4) is 11.5 Å². The maximum Gasteiger partial charge on any atom is 0.226 e. The third-order valence-electron chi connectivity index (χ3n) is 4.22. The molecule has 0 aliphatic heterocycles. The van der Waals surface area contributed by atoms with Gasteiger partial charge in [0.15, 0.2) is 5.96 Å². The molecule has 6 heteroatoms. The molecule has 0 bridgehead atoms. The van der Waals surface area contributed by atoms with Crippen molar-refractivity contribution in [3.05, 3.63) is 77.2 Å². The number of aromatic nitrogens is 1. The van der Waals surface area contributed by atoms with Crippen LogP contribution in [-0.2, 0) is 13.1 Å². The number of hydrogen-bond acceptors (Lipinski definition) is 3. The highest BCUT2D eigenvalue weighted by Crippen LogP contribution is 2.19. The van der Waals surface area contributed by atoms with Gasteiger partial charge in [-0.3, -0.25) is 4.99 Å². The fourth-order valence-corrected chi connectivity index (χ4v) is 2.60. The molecule has 0 aliphatic rings. The smallest absolute Gasteiger partial charge is 0.226 e. The Labute approximate surface area is 177 Å².